The molecule has 2 rings (SSSR count). The molecule has 0 aromatic heterocycles. The molecule has 1 saturated heterocycles. The summed E-state index contributed by atoms with van der Waals surface area (Å²) in [6.45, 7) is 0.398. The Bertz CT molecular complexity index is 262. The molecule has 0 bridgehead atoms. The van der Waals surface area contributed by atoms with E-state index in [0.29, 0.717) is 13.0 Å². The topological polar surface area (TPSA) is 57.6 Å². The predicted octanol–water partition coefficient (Wildman–Crippen LogP) is 1.50. The lowest BCUT2D eigenvalue weighted by atomic mass is 9.78. The average Bonchev–Trinajstić information content (AvgIpc) is 2.18. The molecule has 0 spiro atoms. The van der Waals surface area contributed by atoms with Crippen LogP contribution in [-0.2, 0) is 4.79 Å². The number of piperidine rings is 1. The fourth-order valence-electron chi connectivity index (χ4n) is 2.68. The van der Waals surface area contributed by atoms with E-state index >= 15 is 0 Å². The van der Waals surface area contributed by atoms with Gasteiger partial charge in [-0.05, 0) is 12.8 Å². The molecule has 0 unspecified atom stereocenters. The van der Waals surface area contributed by atoms with Crippen molar-refractivity contribution in [3.05, 3.63) is 0 Å². The Labute approximate surface area is 82.9 Å². The Balaban J connectivity index is 2.16. The minimum absolute atomic E-state index is 0.00593. The Morgan fingerprint density at radius 1 is 1.36 bits per heavy atom. The Kier molecular flexibility index (Phi) is 2.44. The lowest BCUT2D eigenvalue weighted by Crippen LogP contribution is -2.52. The SMILES string of the molecule is O=C1CCN(C(=O)O)[C@H]2CCCC[C@H]12. The molecule has 1 N–H and O–H groups in total. The Hall–Kier alpha value is -1.06. The molecule has 14 heavy (non-hydrogen) atoms. The van der Waals surface area contributed by atoms with Gasteiger partial charge in [-0.1, -0.05) is 12.8 Å². The molecule has 1 saturated carbocycles. The van der Waals surface area contributed by atoms with Crippen molar-refractivity contribution in [2.75, 3.05) is 6.54 Å². The highest BCUT2D eigenvalue weighted by Gasteiger charge is 2.40. The van der Waals surface area contributed by atoms with Crippen molar-refractivity contribution in [1.82, 2.24) is 4.90 Å². The van der Waals surface area contributed by atoms with E-state index in [4.69, 9.17) is 5.11 Å². The van der Waals surface area contributed by atoms with Gasteiger partial charge in [0, 0.05) is 24.9 Å². The smallest absolute Gasteiger partial charge is 0.407 e. The molecule has 2 fully saturated rings. The third-order valence-corrected chi connectivity index (χ3v) is 3.39. The molecular formula is C10H15NO3. The zero-order valence-corrected chi connectivity index (χ0v) is 8.11. The van der Waals surface area contributed by atoms with Crippen LogP contribution in [0.25, 0.3) is 0 Å². The van der Waals surface area contributed by atoms with Crippen molar-refractivity contribution >= 4 is 11.9 Å². The highest BCUT2D eigenvalue weighted by molar-refractivity contribution is 5.84. The molecule has 0 aromatic carbocycles. The number of fused-ring (bicyclic) bond motifs is 1. The van der Waals surface area contributed by atoms with E-state index in [1.165, 1.54) is 4.90 Å². The quantitative estimate of drug-likeness (QED) is 0.640. The van der Waals surface area contributed by atoms with Crippen molar-refractivity contribution in [3.63, 3.8) is 0 Å². The van der Waals surface area contributed by atoms with Gasteiger partial charge in [0.25, 0.3) is 0 Å². The molecule has 1 heterocycles. The van der Waals surface area contributed by atoms with Crippen molar-refractivity contribution in [2.24, 2.45) is 5.92 Å². The van der Waals surface area contributed by atoms with Crippen LogP contribution in [0.15, 0.2) is 0 Å². The van der Waals surface area contributed by atoms with Crippen LogP contribution in [0.4, 0.5) is 4.79 Å². The van der Waals surface area contributed by atoms with E-state index in [0.717, 1.165) is 25.7 Å². The first-order valence-electron chi connectivity index (χ1n) is 5.22. The number of carboxylic acid groups (broad SMARTS) is 1. The first kappa shape index (κ1) is 9.49. The lowest BCUT2D eigenvalue weighted by Gasteiger charge is -2.41. The van der Waals surface area contributed by atoms with Crippen LogP contribution in [0.1, 0.15) is 32.1 Å². The van der Waals surface area contributed by atoms with Gasteiger partial charge in [0.15, 0.2) is 0 Å². The highest BCUT2D eigenvalue weighted by Crippen LogP contribution is 2.33. The minimum Gasteiger partial charge on any atom is -0.465 e. The molecular weight excluding hydrogens is 182 g/mol. The van der Waals surface area contributed by atoms with E-state index in [-0.39, 0.29) is 17.7 Å². The van der Waals surface area contributed by atoms with Gasteiger partial charge in [0.1, 0.15) is 5.78 Å². The van der Waals surface area contributed by atoms with Crippen molar-refractivity contribution in [2.45, 2.75) is 38.1 Å². The van der Waals surface area contributed by atoms with E-state index < -0.39 is 6.09 Å². The van der Waals surface area contributed by atoms with Gasteiger partial charge in [0.2, 0.25) is 0 Å². The monoisotopic (exact) mass is 197 g/mol. The third kappa shape index (κ3) is 1.49. The molecule has 2 aliphatic rings. The number of carbonyl (C=O) groups is 2. The molecule has 1 amide bonds. The third-order valence-electron chi connectivity index (χ3n) is 3.39. The number of rotatable bonds is 0. The van der Waals surface area contributed by atoms with Gasteiger partial charge in [-0.2, -0.15) is 0 Å². The summed E-state index contributed by atoms with van der Waals surface area (Å²) >= 11 is 0. The number of likely N-dealkylation sites (tertiary alicyclic amines) is 1. The number of hydrogen-bond acceptors (Lipinski definition) is 2. The van der Waals surface area contributed by atoms with Crippen LogP contribution in [0.5, 0.6) is 0 Å². The predicted molar refractivity (Wildman–Crippen MR) is 50.1 cm³/mol. The molecule has 0 radical (unpaired) electrons. The van der Waals surface area contributed by atoms with Crippen LogP contribution in [-0.4, -0.2) is 34.5 Å². The van der Waals surface area contributed by atoms with Crippen LogP contribution < -0.4 is 0 Å². The number of ketones is 1. The standard InChI is InChI=1S/C10H15NO3/c12-9-5-6-11(10(13)14)8-4-2-1-3-7(8)9/h7-8H,1-6H2,(H,13,14)/t7-,8-/m0/s1. The summed E-state index contributed by atoms with van der Waals surface area (Å²) in [6, 6.07) is -0.0255. The second-order valence-corrected chi connectivity index (χ2v) is 4.15. The second-order valence-electron chi connectivity index (χ2n) is 4.15. The minimum atomic E-state index is -0.866. The first-order valence-corrected chi connectivity index (χ1v) is 5.22. The molecule has 2 atom stereocenters. The van der Waals surface area contributed by atoms with Gasteiger partial charge in [-0.15, -0.1) is 0 Å². The largest absolute Gasteiger partial charge is 0.465 e. The summed E-state index contributed by atoms with van der Waals surface area (Å²) in [5, 5.41) is 8.98. The second kappa shape index (κ2) is 3.59. The maximum atomic E-state index is 11.6. The molecule has 0 aromatic rings. The summed E-state index contributed by atoms with van der Waals surface area (Å²) in [7, 11) is 0. The number of amides is 1. The molecule has 78 valence electrons. The summed E-state index contributed by atoms with van der Waals surface area (Å²) in [5.41, 5.74) is 0. The maximum absolute atomic E-state index is 11.6. The van der Waals surface area contributed by atoms with E-state index in [9.17, 15) is 9.59 Å². The number of Topliss-reactive ketones (excluding diaryl/α,β-unsaturated/α-hetero) is 1. The van der Waals surface area contributed by atoms with Crippen LogP contribution >= 0.6 is 0 Å². The summed E-state index contributed by atoms with van der Waals surface area (Å²) in [6.07, 6.45) is 3.41. The van der Waals surface area contributed by atoms with Crippen LogP contribution in [0.2, 0.25) is 0 Å². The first-order chi connectivity index (χ1) is 6.70. The summed E-state index contributed by atoms with van der Waals surface area (Å²) in [4.78, 5) is 24.0. The van der Waals surface area contributed by atoms with E-state index in [1.807, 2.05) is 0 Å². The molecule has 1 aliphatic carbocycles. The lowest BCUT2D eigenvalue weighted by molar-refractivity contribution is -0.129. The summed E-state index contributed by atoms with van der Waals surface area (Å²) < 4.78 is 0. The van der Waals surface area contributed by atoms with Gasteiger partial charge in [-0.3, -0.25) is 4.79 Å². The van der Waals surface area contributed by atoms with Crippen LogP contribution in [0, 0.1) is 5.92 Å². The molecule has 4 heteroatoms. The molecule has 4 nitrogen and oxygen atoms in total. The van der Waals surface area contributed by atoms with E-state index in [2.05, 4.69) is 0 Å². The van der Waals surface area contributed by atoms with Gasteiger partial charge >= 0.3 is 6.09 Å². The van der Waals surface area contributed by atoms with Crippen molar-refractivity contribution in [3.8, 4) is 0 Å². The molecule has 1 aliphatic heterocycles. The Morgan fingerprint density at radius 3 is 2.79 bits per heavy atom. The fraction of sp³-hybridized carbons (Fsp3) is 0.800. The zero-order valence-electron chi connectivity index (χ0n) is 8.11. The van der Waals surface area contributed by atoms with Crippen molar-refractivity contribution in [1.29, 1.82) is 0 Å². The summed E-state index contributed by atoms with van der Waals surface area (Å²) in [5.74, 6) is 0.265. The maximum Gasteiger partial charge on any atom is 0.407 e. The number of hydrogen-bond donors (Lipinski definition) is 1. The normalized spacial score (nSPS) is 32.6. The van der Waals surface area contributed by atoms with Gasteiger partial charge < -0.3 is 10.0 Å². The van der Waals surface area contributed by atoms with E-state index in [1.54, 1.807) is 0 Å². The van der Waals surface area contributed by atoms with Gasteiger partial charge in [0.05, 0.1) is 0 Å². The van der Waals surface area contributed by atoms with Crippen LogP contribution in [0.3, 0.4) is 0 Å². The number of carbonyl (C=O) groups excluding carboxylic acids is 1. The highest BCUT2D eigenvalue weighted by atomic mass is 16.4. The van der Waals surface area contributed by atoms with Gasteiger partial charge in [-0.25, -0.2) is 4.79 Å². The average molecular weight is 197 g/mol. The zero-order chi connectivity index (χ0) is 10.1. The fourth-order valence-corrected chi connectivity index (χ4v) is 2.68. The van der Waals surface area contributed by atoms with Crippen molar-refractivity contribution < 1.29 is 14.7 Å². The number of nitrogens with zero attached hydrogens (tertiary/aromatic N) is 1. The Morgan fingerprint density at radius 2 is 2.07 bits per heavy atom.